The van der Waals surface area contributed by atoms with Gasteiger partial charge in [0.15, 0.2) is 0 Å². The molecule has 1 atom stereocenters. The van der Waals surface area contributed by atoms with Crippen molar-refractivity contribution >= 4 is 28.4 Å². The Balaban J connectivity index is 1.58. The standard InChI is InChI=1S/C20H16N2O2/c23-19-18(21-20(24)22(19)17-8-2-1-3-9-17)13-14-10-11-15-6-4-5-7-16(15)12-14/h1-12,18H,13H2,(H,21,24). The minimum atomic E-state index is -0.529. The second-order valence-corrected chi connectivity index (χ2v) is 5.90. The van der Waals surface area contributed by atoms with Crippen molar-refractivity contribution in [1.82, 2.24) is 5.32 Å². The summed E-state index contributed by atoms with van der Waals surface area (Å²) >= 11 is 0. The smallest absolute Gasteiger partial charge is 0.325 e. The van der Waals surface area contributed by atoms with Crippen LogP contribution in [0.4, 0.5) is 10.5 Å². The van der Waals surface area contributed by atoms with Crippen LogP contribution in [0, 0.1) is 0 Å². The number of imide groups is 1. The number of para-hydroxylation sites is 1. The normalized spacial score (nSPS) is 17.3. The highest BCUT2D eigenvalue weighted by atomic mass is 16.2. The van der Waals surface area contributed by atoms with Crippen molar-refractivity contribution in [3.05, 3.63) is 78.4 Å². The van der Waals surface area contributed by atoms with E-state index in [1.165, 1.54) is 4.90 Å². The van der Waals surface area contributed by atoms with E-state index in [1.54, 1.807) is 12.1 Å². The van der Waals surface area contributed by atoms with Crippen LogP contribution < -0.4 is 10.2 Å². The van der Waals surface area contributed by atoms with Gasteiger partial charge in [-0.25, -0.2) is 9.69 Å². The molecule has 1 saturated heterocycles. The van der Waals surface area contributed by atoms with Crippen LogP contribution in [-0.4, -0.2) is 18.0 Å². The molecule has 1 aliphatic heterocycles. The van der Waals surface area contributed by atoms with Gasteiger partial charge in [0.1, 0.15) is 6.04 Å². The Bertz CT molecular complexity index is 921. The third kappa shape index (κ3) is 2.52. The summed E-state index contributed by atoms with van der Waals surface area (Å²) in [7, 11) is 0. The average Bonchev–Trinajstić information content (AvgIpc) is 2.89. The van der Waals surface area contributed by atoms with Gasteiger partial charge in [-0.05, 0) is 28.5 Å². The third-order valence-electron chi connectivity index (χ3n) is 4.29. The lowest BCUT2D eigenvalue weighted by atomic mass is 10.0. The number of hydrogen-bond donors (Lipinski definition) is 1. The number of nitrogens with one attached hydrogen (secondary N) is 1. The predicted molar refractivity (Wildman–Crippen MR) is 93.9 cm³/mol. The zero-order chi connectivity index (χ0) is 16.5. The van der Waals surface area contributed by atoms with Gasteiger partial charge in [-0.2, -0.15) is 0 Å². The molecule has 0 radical (unpaired) electrons. The largest absolute Gasteiger partial charge is 0.329 e. The molecule has 1 unspecified atom stereocenters. The molecule has 0 aromatic heterocycles. The molecule has 1 heterocycles. The van der Waals surface area contributed by atoms with Crippen LogP contribution in [0.15, 0.2) is 72.8 Å². The molecule has 3 aromatic rings. The number of carbonyl (C=O) groups is 2. The van der Waals surface area contributed by atoms with Crippen molar-refractivity contribution < 1.29 is 9.59 Å². The maximum absolute atomic E-state index is 12.6. The molecule has 0 saturated carbocycles. The Kier molecular flexibility index (Phi) is 3.50. The SMILES string of the molecule is O=C1NC(Cc2ccc3ccccc3c2)C(=O)N1c1ccccc1. The summed E-state index contributed by atoms with van der Waals surface area (Å²) < 4.78 is 0. The molecular weight excluding hydrogens is 300 g/mol. The number of nitrogens with zero attached hydrogens (tertiary/aromatic N) is 1. The summed E-state index contributed by atoms with van der Waals surface area (Å²) in [6, 6.07) is 22.3. The molecule has 0 spiro atoms. The summed E-state index contributed by atoms with van der Waals surface area (Å²) in [6.07, 6.45) is 0.485. The highest BCUT2D eigenvalue weighted by Gasteiger charge is 2.38. The second-order valence-electron chi connectivity index (χ2n) is 5.90. The molecule has 0 aliphatic carbocycles. The summed E-state index contributed by atoms with van der Waals surface area (Å²) in [5, 5.41) is 5.08. The Morgan fingerprint density at radius 3 is 2.33 bits per heavy atom. The maximum Gasteiger partial charge on any atom is 0.329 e. The van der Waals surface area contributed by atoms with E-state index in [4.69, 9.17) is 0 Å². The van der Waals surface area contributed by atoms with E-state index in [0.717, 1.165) is 16.3 Å². The van der Waals surface area contributed by atoms with Gasteiger partial charge in [0.05, 0.1) is 5.69 Å². The number of fused-ring (bicyclic) bond motifs is 1. The number of urea groups is 1. The van der Waals surface area contributed by atoms with Crippen molar-refractivity contribution in [2.75, 3.05) is 4.90 Å². The number of benzene rings is 3. The van der Waals surface area contributed by atoms with Crippen LogP contribution in [0.25, 0.3) is 10.8 Å². The number of anilines is 1. The summed E-state index contributed by atoms with van der Waals surface area (Å²) in [4.78, 5) is 26.0. The number of carbonyl (C=O) groups excluding carboxylic acids is 2. The minimum absolute atomic E-state index is 0.209. The average molecular weight is 316 g/mol. The van der Waals surface area contributed by atoms with Crippen molar-refractivity contribution in [1.29, 1.82) is 0 Å². The van der Waals surface area contributed by atoms with E-state index in [0.29, 0.717) is 12.1 Å². The fourth-order valence-corrected chi connectivity index (χ4v) is 3.09. The minimum Gasteiger partial charge on any atom is -0.325 e. The zero-order valence-electron chi connectivity index (χ0n) is 13.0. The van der Waals surface area contributed by atoms with Crippen LogP contribution in [0.1, 0.15) is 5.56 Å². The van der Waals surface area contributed by atoms with Crippen LogP contribution >= 0.6 is 0 Å². The van der Waals surface area contributed by atoms with Gasteiger partial charge < -0.3 is 5.32 Å². The van der Waals surface area contributed by atoms with Gasteiger partial charge in [0, 0.05) is 6.42 Å². The van der Waals surface area contributed by atoms with Gasteiger partial charge in [-0.3, -0.25) is 4.79 Å². The first kappa shape index (κ1) is 14.5. The van der Waals surface area contributed by atoms with Crippen molar-refractivity contribution in [3.63, 3.8) is 0 Å². The zero-order valence-corrected chi connectivity index (χ0v) is 13.0. The molecule has 24 heavy (non-hydrogen) atoms. The van der Waals surface area contributed by atoms with E-state index < -0.39 is 6.04 Å². The molecule has 4 heteroatoms. The van der Waals surface area contributed by atoms with Gasteiger partial charge in [0.2, 0.25) is 0 Å². The quantitative estimate of drug-likeness (QED) is 0.752. The predicted octanol–water partition coefficient (Wildman–Crippen LogP) is 3.51. The highest BCUT2D eigenvalue weighted by molar-refractivity contribution is 6.21. The molecule has 1 aliphatic rings. The fourth-order valence-electron chi connectivity index (χ4n) is 3.09. The van der Waals surface area contributed by atoms with E-state index in [2.05, 4.69) is 17.4 Å². The van der Waals surface area contributed by atoms with Crippen molar-refractivity contribution in [2.24, 2.45) is 0 Å². The van der Waals surface area contributed by atoms with Crippen LogP contribution in [-0.2, 0) is 11.2 Å². The number of amides is 3. The molecule has 3 amide bonds. The molecule has 118 valence electrons. The molecule has 4 nitrogen and oxygen atoms in total. The summed E-state index contributed by atoms with van der Waals surface area (Å²) in [5.74, 6) is -0.209. The van der Waals surface area contributed by atoms with Crippen LogP contribution in [0.5, 0.6) is 0 Å². The second kappa shape index (κ2) is 5.81. The number of rotatable bonds is 3. The lowest BCUT2D eigenvalue weighted by molar-refractivity contribution is -0.118. The summed E-state index contributed by atoms with van der Waals surface area (Å²) in [6.45, 7) is 0. The van der Waals surface area contributed by atoms with Gasteiger partial charge in [-0.15, -0.1) is 0 Å². The third-order valence-corrected chi connectivity index (χ3v) is 4.29. The van der Waals surface area contributed by atoms with Gasteiger partial charge in [0.25, 0.3) is 5.91 Å². The van der Waals surface area contributed by atoms with Crippen LogP contribution in [0.3, 0.4) is 0 Å². The van der Waals surface area contributed by atoms with E-state index >= 15 is 0 Å². The molecule has 0 bridgehead atoms. The van der Waals surface area contributed by atoms with Crippen molar-refractivity contribution in [2.45, 2.75) is 12.5 Å². The van der Waals surface area contributed by atoms with Crippen molar-refractivity contribution in [3.8, 4) is 0 Å². The maximum atomic E-state index is 12.6. The van der Waals surface area contributed by atoms with Crippen LogP contribution in [0.2, 0.25) is 0 Å². The lowest BCUT2D eigenvalue weighted by Crippen LogP contribution is -2.32. The monoisotopic (exact) mass is 316 g/mol. The Morgan fingerprint density at radius 1 is 0.833 bits per heavy atom. The van der Waals surface area contributed by atoms with Gasteiger partial charge >= 0.3 is 6.03 Å². The first-order valence-corrected chi connectivity index (χ1v) is 7.89. The molecule has 1 fully saturated rings. The van der Waals surface area contributed by atoms with E-state index in [9.17, 15) is 9.59 Å². The van der Waals surface area contributed by atoms with Gasteiger partial charge in [-0.1, -0.05) is 60.7 Å². The molecule has 4 rings (SSSR count). The lowest BCUT2D eigenvalue weighted by Gasteiger charge is -2.13. The first-order valence-electron chi connectivity index (χ1n) is 7.89. The molecular formula is C20H16N2O2. The highest BCUT2D eigenvalue weighted by Crippen LogP contribution is 2.22. The van der Waals surface area contributed by atoms with E-state index in [1.807, 2.05) is 48.5 Å². The first-order chi connectivity index (χ1) is 11.7. The van der Waals surface area contributed by atoms with E-state index in [-0.39, 0.29) is 11.9 Å². The Morgan fingerprint density at radius 2 is 1.54 bits per heavy atom. The summed E-state index contributed by atoms with van der Waals surface area (Å²) in [5.41, 5.74) is 1.63. The Labute approximate surface area is 139 Å². The topological polar surface area (TPSA) is 49.4 Å². The Hall–Kier alpha value is -3.14. The molecule has 3 aromatic carbocycles. The fraction of sp³-hybridized carbons (Fsp3) is 0.100. The molecule has 1 N–H and O–H groups in total. The number of hydrogen-bond acceptors (Lipinski definition) is 2.